The van der Waals surface area contributed by atoms with Crippen molar-refractivity contribution >= 4 is 17.8 Å². The van der Waals surface area contributed by atoms with Crippen LogP contribution in [0.4, 0.5) is 13.2 Å². The number of nitrogens with one attached hydrogen (secondary N) is 1. The molecule has 3 fully saturated rings. The Bertz CT molecular complexity index is 817. The Morgan fingerprint density at radius 2 is 1.94 bits per heavy atom. The molecule has 2 amide bonds. The largest absolute Gasteiger partial charge is 0.490 e. The number of nitrogens with zero attached hydrogens (tertiary/aromatic N) is 2. The SMILES string of the molecule is O=C(C[C@@H]1COC[C@H]2CN(C(=O)c3cccnc3)C[C@@H]12)NCC1CC1.O=C(O)C(F)(F)F. The van der Waals surface area contributed by atoms with Crippen LogP contribution in [0.2, 0.25) is 0 Å². The maximum absolute atomic E-state index is 12.7. The van der Waals surface area contributed by atoms with E-state index < -0.39 is 12.1 Å². The molecule has 176 valence electrons. The maximum Gasteiger partial charge on any atom is 0.490 e. The molecule has 1 aromatic rings. The molecule has 0 aromatic carbocycles. The molecular weight excluding hydrogens is 431 g/mol. The lowest BCUT2D eigenvalue weighted by atomic mass is 9.81. The first kappa shape index (κ1) is 24.0. The summed E-state index contributed by atoms with van der Waals surface area (Å²) in [6, 6.07) is 3.59. The van der Waals surface area contributed by atoms with Crippen LogP contribution in [0, 0.1) is 23.7 Å². The van der Waals surface area contributed by atoms with Gasteiger partial charge in [0.2, 0.25) is 5.91 Å². The lowest BCUT2D eigenvalue weighted by Crippen LogP contribution is -2.38. The molecule has 2 aliphatic heterocycles. The number of aliphatic carboxylic acids is 1. The van der Waals surface area contributed by atoms with Crippen molar-refractivity contribution in [2.75, 3.05) is 32.8 Å². The molecule has 0 unspecified atom stereocenters. The van der Waals surface area contributed by atoms with E-state index in [1.54, 1.807) is 24.5 Å². The second-order valence-corrected chi connectivity index (χ2v) is 8.43. The molecular formula is C21H26F3N3O5. The second kappa shape index (κ2) is 10.3. The number of aromatic nitrogens is 1. The Kier molecular flexibility index (Phi) is 7.70. The summed E-state index contributed by atoms with van der Waals surface area (Å²) in [5.74, 6) is -1.04. The molecule has 0 radical (unpaired) electrons. The summed E-state index contributed by atoms with van der Waals surface area (Å²) in [4.78, 5) is 39.7. The molecule has 3 heterocycles. The number of carboxylic acid groups (broad SMARTS) is 1. The zero-order valence-electron chi connectivity index (χ0n) is 17.4. The van der Waals surface area contributed by atoms with E-state index in [0.29, 0.717) is 56.0 Å². The summed E-state index contributed by atoms with van der Waals surface area (Å²) in [6.07, 6.45) is 1.18. The molecule has 11 heteroatoms. The van der Waals surface area contributed by atoms with Gasteiger partial charge in [0.25, 0.3) is 5.91 Å². The van der Waals surface area contributed by atoms with Crippen molar-refractivity contribution in [3.05, 3.63) is 30.1 Å². The number of likely N-dealkylation sites (tertiary alicyclic amines) is 1. The van der Waals surface area contributed by atoms with Gasteiger partial charge in [0.1, 0.15) is 0 Å². The highest BCUT2D eigenvalue weighted by atomic mass is 19.4. The minimum absolute atomic E-state index is 0.0273. The number of ether oxygens (including phenoxy) is 1. The molecule has 4 rings (SSSR count). The Morgan fingerprint density at radius 3 is 2.53 bits per heavy atom. The Morgan fingerprint density at radius 1 is 1.22 bits per heavy atom. The number of rotatable bonds is 5. The fourth-order valence-electron chi connectivity index (χ4n) is 4.04. The van der Waals surface area contributed by atoms with Crippen molar-refractivity contribution in [1.82, 2.24) is 15.2 Å². The van der Waals surface area contributed by atoms with E-state index in [2.05, 4.69) is 10.3 Å². The van der Waals surface area contributed by atoms with Crippen molar-refractivity contribution in [3.63, 3.8) is 0 Å². The van der Waals surface area contributed by atoms with Crippen LogP contribution >= 0.6 is 0 Å². The number of carboxylic acids is 1. The van der Waals surface area contributed by atoms with Crippen LogP contribution in [0.15, 0.2) is 24.5 Å². The van der Waals surface area contributed by atoms with Gasteiger partial charge >= 0.3 is 12.1 Å². The van der Waals surface area contributed by atoms with Crippen molar-refractivity contribution in [2.24, 2.45) is 23.7 Å². The van der Waals surface area contributed by atoms with Gasteiger partial charge in [-0.1, -0.05) is 0 Å². The van der Waals surface area contributed by atoms with E-state index in [1.807, 2.05) is 4.90 Å². The minimum Gasteiger partial charge on any atom is -0.475 e. The molecule has 0 spiro atoms. The lowest BCUT2D eigenvalue weighted by Gasteiger charge is -2.32. The third-order valence-corrected chi connectivity index (χ3v) is 5.93. The van der Waals surface area contributed by atoms with E-state index in [1.165, 1.54) is 12.8 Å². The maximum atomic E-state index is 12.7. The monoisotopic (exact) mass is 457 g/mol. The molecule has 32 heavy (non-hydrogen) atoms. The van der Waals surface area contributed by atoms with Crippen molar-refractivity contribution in [1.29, 1.82) is 0 Å². The Balaban J connectivity index is 0.000000360. The smallest absolute Gasteiger partial charge is 0.475 e. The molecule has 3 atom stereocenters. The van der Waals surface area contributed by atoms with E-state index in [0.717, 1.165) is 6.54 Å². The first-order valence-electron chi connectivity index (χ1n) is 10.5. The molecule has 1 aromatic heterocycles. The van der Waals surface area contributed by atoms with E-state index in [-0.39, 0.29) is 17.7 Å². The number of hydrogen-bond acceptors (Lipinski definition) is 5. The molecule has 1 saturated carbocycles. The van der Waals surface area contributed by atoms with Gasteiger partial charge in [-0.3, -0.25) is 14.6 Å². The third kappa shape index (κ3) is 6.65. The van der Waals surface area contributed by atoms with Gasteiger partial charge in [-0.15, -0.1) is 0 Å². The molecule has 2 saturated heterocycles. The minimum atomic E-state index is -5.08. The Hall–Kier alpha value is -2.69. The summed E-state index contributed by atoms with van der Waals surface area (Å²) in [6.45, 7) is 3.53. The zero-order valence-corrected chi connectivity index (χ0v) is 17.4. The molecule has 0 bridgehead atoms. The summed E-state index contributed by atoms with van der Waals surface area (Å²) < 4.78 is 37.5. The van der Waals surface area contributed by atoms with Crippen LogP contribution in [0.3, 0.4) is 0 Å². The molecule has 8 nitrogen and oxygen atoms in total. The molecule has 1 aliphatic carbocycles. The average Bonchev–Trinajstić information content (AvgIpc) is 3.48. The van der Waals surface area contributed by atoms with Crippen molar-refractivity contribution < 1.29 is 37.4 Å². The van der Waals surface area contributed by atoms with Crippen LogP contribution in [0.25, 0.3) is 0 Å². The number of halogens is 3. The van der Waals surface area contributed by atoms with E-state index in [4.69, 9.17) is 14.6 Å². The highest BCUT2D eigenvalue weighted by molar-refractivity contribution is 5.94. The van der Waals surface area contributed by atoms with Gasteiger partial charge < -0.3 is 20.1 Å². The quantitative estimate of drug-likeness (QED) is 0.700. The van der Waals surface area contributed by atoms with Gasteiger partial charge in [-0.2, -0.15) is 13.2 Å². The van der Waals surface area contributed by atoms with Crippen LogP contribution in [0.5, 0.6) is 0 Å². The number of amides is 2. The molecule has 2 N–H and O–H groups in total. The van der Waals surface area contributed by atoms with E-state index >= 15 is 0 Å². The van der Waals surface area contributed by atoms with Crippen molar-refractivity contribution in [2.45, 2.75) is 25.4 Å². The van der Waals surface area contributed by atoms with Crippen LogP contribution < -0.4 is 5.32 Å². The normalized spacial score (nSPS) is 24.7. The first-order valence-corrected chi connectivity index (χ1v) is 10.5. The van der Waals surface area contributed by atoms with Crippen LogP contribution in [-0.4, -0.2) is 71.8 Å². The number of carbonyl (C=O) groups excluding carboxylic acids is 2. The zero-order chi connectivity index (χ0) is 23.3. The number of carbonyl (C=O) groups is 3. The third-order valence-electron chi connectivity index (χ3n) is 5.93. The van der Waals surface area contributed by atoms with Gasteiger partial charge in [0.05, 0.1) is 18.8 Å². The average molecular weight is 457 g/mol. The molecule has 3 aliphatic rings. The second-order valence-electron chi connectivity index (χ2n) is 8.43. The summed E-state index contributed by atoms with van der Waals surface area (Å²) in [5, 5.41) is 10.2. The van der Waals surface area contributed by atoms with Crippen molar-refractivity contribution in [3.8, 4) is 0 Å². The lowest BCUT2D eigenvalue weighted by molar-refractivity contribution is -0.192. The van der Waals surface area contributed by atoms with Gasteiger partial charge in [-0.25, -0.2) is 4.79 Å². The van der Waals surface area contributed by atoms with Gasteiger partial charge in [0, 0.05) is 44.4 Å². The summed E-state index contributed by atoms with van der Waals surface area (Å²) in [5.41, 5.74) is 0.626. The predicted octanol–water partition coefficient (Wildman–Crippen LogP) is 1.97. The fraction of sp³-hybridized carbons (Fsp3) is 0.619. The predicted molar refractivity (Wildman–Crippen MR) is 105 cm³/mol. The highest BCUT2D eigenvalue weighted by Crippen LogP contribution is 2.36. The first-order chi connectivity index (χ1) is 15.1. The van der Waals surface area contributed by atoms with Crippen LogP contribution in [0.1, 0.15) is 29.6 Å². The topological polar surface area (TPSA) is 109 Å². The number of hydrogen-bond donors (Lipinski definition) is 2. The van der Waals surface area contributed by atoms with Gasteiger partial charge in [-0.05, 0) is 42.7 Å². The van der Waals surface area contributed by atoms with Crippen LogP contribution in [-0.2, 0) is 14.3 Å². The number of pyridine rings is 1. The number of alkyl halides is 3. The summed E-state index contributed by atoms with van der Waals surface area (Å²) >= 11 is 0. The summed E-state index contributed by atoms with van der Waals surface area (Å²) in [7, 11) is 0. The Labute approximate surface area is 183 Å². The fourth-order valence-corrected chi connectivity index (χ4v) is 4.04. The van der Waals surface area contributed by atoms with E-state index in [9.17, 15) is 22.8 Å². The standard InChI is InChI=1S/C19H25N3O3.C2HF3O2/c23-18(21-7-13-3-4-13)6-15-11-25-12-16-9-22(10-17(15)16)19(24)14-2-1-5-20-8-14;3-2(4,5)1(6)7/h1-2,5,8,13,15-17H,3-4,6-7,9-12H2,(H,21,23);(H,6,7)/t15-,16-,17+;/m1./s1. The number of fused-ring (bicyclic) bond motifs is 1. The van der Waals surface area contributed by atoms with Gasteiger partial charge in [0.15, 0.2) is 0 Å². The highest BCUT2D eigenvalue weighted by Gasteiger charge is 2.43.